The van der Waals surface area contributed by atoms with Crippen molar-refractivity contribution < 1.29 is 9.90 Å². The van der Waals surface area contributed by atoms with E-state index in [-0.39, 0.29) is 43.4 Å². The molecule has 2 aromatic carbocycles. The van der Waals surface area contributed by atoms with Crippen LogP contribution in [0.3, 0.4) is 0 Å². The van der Waals surface area contributed by atoms with Gasteiger partial charge in [-0.3, -0.25) is 29.1 Å². The molecule has 4 N–H and O–H groups in total. The molecule has 0 saturated carbocycles. The van der Waals surface area contributed by atoms with Gasteiger partial charge in [-0.2, -0.15) is 0 Å². The number of aromatic amines is 3. The van der Waals surface area contributed by atoms with Crippen molar-refractivity contribution in [2.75, 3.05) is 0 Å². The summed E-state index contributed by atoms with van der Waals surface area (Å²) in [5.41, 5.74) is -2.60. The molecule has 0 unspecified atom stereocenters. The van der Waals surface area contributed by atoms with Crippen LogP contribution in [-0.4, -0.2) is 26.0 Å². The van der Waals surface area contributed by atoms with Gasteiger partial charge >= 0.3 is 5.97 Å². The first-order chi connectivity index (χ1) is 12.4. The first-order valence-electron chi connectivity index (χ1n) is 7.49. The van der Waals surface area contributed by atoms with E-state index in [2.05, 4.69) is 15.0 Å². The summed E-state index contributed by atoms with van der Waals surface area (Å²) in [7, 11) is 0. The zero-order chi connectivity index (χ0) is 18.3. The molecule has 0 aliphatic carbocycles. The third-order valence-electron chi connectivity index (χ3n) is 4.67. The Balaban J connectivity index is 2.35. The van der Waals surface area contributed by atoms with Crippen LogP contribution in [-0.2, 0) is 0 Å². The molecule has 0 atom stereocenters. The number of aromatic nitrogens is 3. The van der Waals surface area contributed by atoms with Crippen molar-refractivity contribution in [2.24, 2.45) is 0 Å². The Labute approximate surface area is 140 Å². The maximum absolute atomic E-state index is 12.4. The fourth-order valence-corrected chi connectivity index (χ4v) is 3.73. The van der Waals surface area contributed by atoms with Crippen molar-refractivity contribution in [2.45, 2.75) is 0 Å². The summed E-state index contributed by atoms with van der Waals surface area (Å²) >= 11 is 0. The number of nitrogens with one attached hydrogen (secondary N) is 3. The molecule has 126 valence electrons. The second kappa shape index (κ2) is 4.33. The zero-order valence-corrected chi connectivity index (χ0v) is 12.7. The predicted molar refractivity (Wildman–Crippen MR) is 93.9 cm³/mol. The van der Waals surface area contributed by atoms with Crippen LogP contribution in [0.15, 0.2) is 37.4 Å². The van der Waals surface area contributed by atoms with Gasteiger partial charge in [0, 0.05) is 16.3 Å². The number of rotatable bonds is 1. The Morgan fingerprint density at radius 2 is 1.23 bits per heavy atom. The van der Waals surface area contributed by atoms with Gasteiger partial charge in [-0.1, -0.05) is 6.07 Å². The Bertz CT molecular complexity index is 1640. The first kappa shape index (κ1) is 14.3. The lowest BCUT2D eigenvalue weighted by Gasteiger charge is -1.99. The van der Waals surface area contributed by atoms with Crippen LogP contribution >= 0.6 is 0 Å². The monoisotopic (exact) mass is 349 g/mol. The van der Waals surface area contributed by atoms with E-state index in [1.54, 1.807) is 6.07 Å². The first-order valence-corrected chi connectivity index (χ1v) is 7.49. The maximum Gasteiger partial charge on any atom is 0.336 e. The highest BCUT2D eigenvalue weighted by molar-refractivity contribution is 6.33. The van der Waals surface area contributed by atoms with Gasteiger partial charge in [0.1, 0.15) is 0 Å². The molecule has 0 aliphatic rings. The molecule has 5 aromatic rings. The third kappa shape index (κ3) is 1.47. The molecular formula is C17H7N3O6. The summed E-state index contributed by atoms with van der Waals surface area (Å²) in [4.78, 5) is 67.9. The summed E-state index contributed by atoms with van der Waals surface area (Å²) in [6, 6.07) is 4.46. The maximum atomic E-state index is 12.4. The van der Waals surface area contributed by atoms with Crippen LogP contribution in [0.2, 0.25) is 0 Å². The molecule has 9 nitrogen and oxygen atoms in total. The molecule has 9 heteroatoms. The molecule has 0 amide bonds. The molecule has 0 spiro atoms. The van der Waals surface area contributed by atoms with Crippen LogP contribution in [0.1, 0.15) is 10.4 Å². The van der Waals surface area contributed by atoms with Gasteiger partial charge in [0.2, 0.25) is 0 Å². The fourth-order valence-electron chi connectivity index (χ4n) is 3.73. The molecule has 0 radical (unpaired) electrons. The minimum Gasteiger partial charge on any atom is -0.478 e. The highest BCUT2D eigenvalue weighted by atomic mass is 16.4. The number of aromatic carboxylic acids is 1. The minimum atomic E-state index is -1.23. The topological polar surface area (TPSA) is 153 Å². The lowest BCUT2D eigenvalue weighted by molar-refractivity contribution is 0.0699. The van der Waals surface area contributed by atoms with E-state index in [4.69, 9.17) is 0 Å². The van der Waals surface area contributed by atoms with Crippen molar-refractivity contribution in [1.82, 2.24) is 15.0 Å². The normalized spacial score (nSPS) is 12.0. The van der Waals surface area contributed by atoms with E-state index in [1.165, 1.54) is 12.1 Å². The number of benzene rings is 2. The largest absolute Gasteiger partial charge is 0.478 e. The molecule has 5 rings (SSSR count). The Morgan fingerprint density at radius 1 is 0.692 bits per heavy atom. The smallest absolute Gasteiger partial charge is 0.336 e. The Hall–Kier alpha value is -4.01. The lowest BCUT2D eigenvalue weighted by Crippen LogP contribution is -2.08. The Morgan fingerprint density at radius 3 is 1.85 bits per heavy atom. The minimum absolute atomic E-state index is 0.0684. The van der Waals surface area contributed by atoms with Gasteiger partial charge in [-0.25, -0.2) is 4.79 Å². The average molecular weight is 349 g/mol. The molecular weight excluding hydrogens is 342 g/mol. The molecule has 3 heterocycles. The van der Waals surface area contributed by atoms with E-state index in [1.807, 2.05) is 0 Å². The average Bonchev–Trinajstić information content (AvgIpc) is 3.19. The quantitative estimate of drug-likeness (QED) is 0.341. The van der Waals surface area contributed by atoms with E-state index in [0.29, 0.717) is 5.52 Å². The van der Waals surface area contributed by atoms with Gasteiger partial charge in [-0.05, 0) is 12.1 Å². The zero-order valence-electron chi connectivity index (χ0n) is 12.7. The van der Waals surface area contributed by atoms with Crippen molar-refractivity contribution in [3.05, 3.63) is 65.2 Å². The molecule has 0 fully saturated rings. The Kier molecular flexibility index (Phi) is 2.39. The van der Waals surface area contributed by atoms with Crippen LogP contribution in [0.5, 0.6) is 0 Å². The van der Waals surface area contributed by atoms with Crippen LogP contribution in [0.4, 0.5) is 0 Å². The number of carbonyl (C=O) groups is 1. The summed E-state index contributed by atoms with van der Waals surface area (Å²) in [6.45, 7) is 0. The van der Waals surface area contributed by atoms with E-state index < -0.39 is 28.2 Å². The summed E-state index contributed by atoms with van der Waals surface area (Å²) in [5, 5.41) is 9.28. The number of hydrogen-bond donors (Lipinski definition) is 4. The van der Waals surface area contributed by atoms with Gasteiger partial charge in [0.15, 0.2) is 0 Å². The second-order valence-electron chi connectivity index (χ2n) is 5.97. The summed E-state index contributed by atoms with van der Waals surface area (Å²) in [5.74, 6) is -1.23. The highest BCUT2D eigenvalue weighted by Crippen LogP contribution is 2.35. The SMILES string of the molecule is O=C(O)c1cccc2[nH]c3c4c(=O)[nH]c(=O)c4c4c(=O)[nH]c(=O)c4c3c12. The molecule has 3 aromatic heterocycles. The van der Waals surface area contributed by atoms with Crippen LogP contribution < -0.4 is 22.2 Å². The molecule has 0 saturated heterocycles. The lowest BCUT2D eigenvalue weighted by atomic mass is 10.00. The van der Waals surface area contributed by atoms with Crippen LogP contribution in [0.25, 0.3) is 43.4 Å². The van der Waals surface area contributed by atoms with Crippen molar-refractivity contribution in [3.63, 3.8) is 0 Å². The van der Waals surface area contributed by atoms with Crippen LogP contribution in [0, 0.1) is 0 Å². The third-order valence-corrected chi connectivity index (χ3v) is 4.67. The standard InChI is InChI=1S/C17H7N3O6/c21-13-8-7-6-4(17(25)26)2-1-3-5(6)18-12(7)11-10(9(8)14(22)19-13)15(23)20-16(11)24/h1-3,18H,(H,25,26)(H,19,21,22)(H,20,23,24). The van der Waals surface area contributed by atoms with Crippen molar-refractivity contribution in [3.8, 4) is 0 Å². The molecule has 0 aliphatic heterocycles. The molecule has 26 heavy (non-hydrogen) atoms. The number of H-pyrrole nitrogens is 3. The fraction of sp³-hybridized carbons (Fsp3) is 0. The summed E-state index contributed by atoms with van der Waals surface area (Å²) in [6.07, 6.45) is 0. The van der Waals surface area contributed by atoms with Gasteiger partial charge in [0.25, 0.3) is 22.2 Å². The van der Waals surface area contributed by atoms with Gasteiger partial charge in [0.05, 0.1) is 32.6 Å². The number of carboxylic acid groups (broad SMARTS) is 1. The highest BCUT2D eigenvalue weighted by Gasteiger charge is 2.25. The van der Waals surface area contributed by atoms with Crippen molar-refractivity contribution >= 4 is 49.3 Å². The van der Waals surface area contributed by atoms with Crippen molar-refractivity contribution in [1.29, 1.82) is 0 Å². The van der Waals surface area contributed by atoms with Gasteiger partial charge < -0.3 is 10.1 Å². The van der Waals surface area contributed by atoms with Gasteiger partial charge in [-0.15, -0.1) is 0 Å². The predicted octanol–water partition coefficient (Wildman–Crippen LogP) is 0.298. The van der Waals surface area contributed by atoms with E-state index >= 15 is 0 Å². The molecule has 0 bridgehead atoms. The summed E-state index contributed by atoms with van der Waals surface area (Å²) < 4.78 is 0. The second-order valence-corrected chi connectivity index (χ2v) is 5.97. The van der Waals surface area contributed by atoms with E-state index in [0.717, 1.165) is 0 Å². The van der Waals surface area contributed by atoms with E-state index in [9.17, 15) is 29.1 Å². The number of hydrogen-bond acceptors (Lipinski definition) is 5. The number of carboxylic acids is 1. The number of fused-ring (bicyclic) bond motifs is 8.